The third-order valence-electron chi connectivity index (χ3n) is 3.34. The van der Waals surface area contributed by atoms with Crippen LogP contribution in [0.4, 0.5) is 0 Å². The fraction of sp³-hybridized carbons (Fsp3) is 0.571. The molecule has 0 saturated carbocycles. The second-order valence-corrected chi connectivity index (χ2v) is 7.08. The molecule has 2 rings (SSSR count). The summed E-state index contributed by atoms with van der Waals surface area (Å²) in [7, 11) is 1.88. The van der Waals surface area contributed by atoms with Gasteiger partial charge < -0.3 is 10.6 Å². The Bertz CT molecular complexity index is 506. The second-order valence-electron chi connectivity index (χ2n) is 5.29. The molecule has 1 fully saturated rings. The maximum atomic E-state index is 12.0. The number of rotatable bonds is 5. The molecule has 1 saturated heterocycles. The van der Waals surface area contributed by atoms with Crippen LogP contribution in [0.1, 0.15) is 24.1 Å². The first-order chi connectivity index (χ1) is 10.0. The minimum Gasteiger partial charge on any atom is -0.354 e. The van der Waals surface area contributed by atoms with E-state index in [0.717, 1.165) is 22.1 Å². The Hall–Kier alpha value is -1.11. The average Bonchev–Trinajstić information content (AvgIpc) is 2.70. The molecule has 0 aromatic carbocycles. The summed E-state index contributed by atoms with van der Waals surface area (Å²) >= 11 is 7.40. The molecule has 1 aliphatic rings. The van der Waals surface area contributed by atoms with Crippen LogP contribution in [0.25, 0.3) is 0 Å². The fourth-order valence-electron chi connectivity index (χ4n) is 2.32. The molecule has 21 heavy (non-hydrogen) atoms. The van der Waals surface area contributed by atoms with E-state index < -0.39 is 6.04 Å². The summed E-state index contributed by atoms with van der Waals surface area (Å²) in [6, 6.07) is 3.41. The molecule has 1 aromatic rings. The zero-order chi connectivity index (χ0) is 15.2. The number of likely N-dealkylation sites (N-methyl/N-ethyl adjacent to an activating group) is 1. The summed E-state index contributed by atoms with van der Waals surface area (Å²) in [5, 5.41) is 5.63. The van der Waals surface area contributed by atoms with E-state index in [1.54, 1.807) is 0 Å². The lowest BCUT2D eigenvalue weighted by atomic mass is 10.1. The molecule has 0 bridgehead atoms. The highest BCUT2D eigenvalue weighted by molar-refractivity contribution is 7.16. The molecule has 0 aliphatic carbocycles. The third-order valence-corrected chi connectivity index (χ3v) is 4.55. The van der Waals surface area contributed by atoms with Crippen molar-refractivity contribution in [3.8, 4) is 0 Å². The Balaban J connectivity index is 1.79. The van der Waals surface area contributed by atoms with Crippen LogP contribution in [-0.2, 0) is 16.1 Å². The lowest BCUT2D eigenvalue weighted by Gasteiger charge is -2.19. The van der Waals surface area contributed by atoms with E-state index in [1.165, 1.54) is 11.3 Å². The summed E-state index contributed by atoms with van der Waals surface area (Å²) in [4.78, 5) is 26.8. The molecule has 2 heterocycles. The van der Waals surface area contributed by atoms with Gasteiger partial charge in [0.25, 0.3) is 0 Å². The number of thiophene rings is 1. The van der Waals surface area contributed by atoms with Gasteiger partial charge in [0, 0.05) is 18.0 Å². The quantitative estimate of drug-likeness (QED) is 0.863. The molecular formula is C14H20ClN3O2S. The summed E-state index contributed by atoms with van der Waals surface area (Å²) in [5.74, 6) is -0.198. The summed E-state index contributed by atoms with van der Waals surface area (Å²) in [5.41, 5.74) is 0. The number of carbonyl (C=O) groups is 2. The van der Waals surface area contributed by atoms with Gasteiger partial charge in [0.15, 0.2) is 0 Å². The molecule has 0 spiro atoms. The van der Waals surface area contributed by atoms with Crippen LogP contribution in [0.3, 0.4) is 0 Å². The molecule has 0 unspecified atom stereocenters. The van der Waals surface area contributed by atoms with Gasteiger partial charge in [-0.3, -0.25) is 14.5 Å². The van der Waals surface area contributed by atoms with Crippen molar-refractivity contribution in [3.63, 3.8) is 0 Å². The van der Waals surface area contributed by atoms with Gasteiger partial charge in [0.1, 0.15) is 6.04 Å². The van der Waals surface area contributed by atoms with Crippen LogP contribution in [0.15, 0.2) is 12.1 Å². The minimum absolute atomic E-state index is 0.0754. The third kappa shape index (κ3) is 5.30. The summed E-state index contributed by atoms with van der Waals surface area (Å²) < 4.78 is 0.748. The van der Waals surface area contributed by atoms with Gasteiger partial charge in [0.2, 0.25) is 11.8 Å². The Morgan fingerprint density at radius 3 is 3.05 bits per heavy atom. The van der Waals surface area contributed by atoms with Crippen LogP contribution in [0.2, 0.25) is 4.34 Å². The first-order valence-corrected chi connectivity index (χ1v) is 8.24. The van der Waals surface area contributed by atoms with Crippen LogP contribution in [0, 0.1) is 0 Å². The van der Waals surface area contributed by atoms with E-state index in [0.29, 0.717) is 19.5 Å². The van der Waals surface area contributed by atoms with E-state index in [9.17, 15) is 9.59 Å². The fourth-order valence-corrected chi connectivity index (χ4v) is 3.49. The van der Waals surface area contributed by atoms with Crippen LogP contribution < -0.4 is 10.6 Å². The first-order valence-electron chi connectivity index (χ1n) is 7.04. The summed E-state index contributed by atoms with van der Waals surface area (Å²) in [6.07, 6.45) is 2.63. The molecule has 116 valence electrons. The van der Waals surface area contributed by atoms with Gasteiger partial charge in [-0.2, -0.15) is 0 Å². The summed E-state index contributed by atoms with van der Waals surface area (Å²) in [6.45, 7) is 1.63. The van der Waals surface area contributed by atoms with Gasteiger partial charge in [-0.15, -0.1) is 11.3 Å². The molecule has 5 nitrogen and oxygen atoms in total. The number of halogens is 1. The highest BCUT2D eigenvalue weighted by atomic mass is 35.5. The number of nitrogens with one attached hydrogen (secondary N) is 2. The van der Waals surface area contributed by atoms with E-state index in [2.05, 4.69) is 10.6 Å². The van der Waals surface area contributed by atoms with Crippen molar-refractivity contribution >= 4 is 34.8 Å². The van der Waals surface area contributed by atoms with Crippen molar-refractivity contribution in [2.24, 2.45) is 0 Å². The standard InChI is InChI=1S/C14H20ClN3O2S/c1-18(8-10-5-6-12(15)21-10)9-13(19)17-11-4-2-3-7-16-14(11)20/h5-6,11H,2-4,7-9H2,1H3,(H,16,20)(H,17,19)/t11-/m1/s1. The normalized spacial score (nSPS) is 19.2. The maximum absolute atomic E-state index is 12.0. The Morgan fingerprint density at radius 2 is 2.33 bits per heavy atom. The SMILES string of the molecule is CN(CC(=O)N[C@@H]1CCCCNC1=O)Cc1ccc(Cl)s1. The van der Waals surface area contributed by atoms with E-state index in [-0.39, 0.29) is 18.4 Å². The average molecular weight is 330 g/mol. The van der Waals surface area contributed by atoms with Crippen molar-refractivity contribution in [1.82, 2.24) is 15.5 Å². The molecule has 2 amide bonds. The molecule has 7 heteroatoms. The molecule has 0 radical (unpaired) electrons. The monoisotopic (exact) mass is 329 g/mol. The lowest BCUT2D eigenvalue weighted by molar-refractivity contribution is -0.129. The smallest absolute Gasteiger partial charge is 0.242 e. The highest BCUT2D eigenvalue weighted by Gasteiger charge is 2.22. The van der Waals surface area contributed by atoms with Crippen molar-refractivity contribution in [2.75, 3.05) is 20.1 Å². The molecule has 2 N–H and O–H groups in total. The molecular weight excluding hydrogens is 310 g/mol. The molecule has 1 atom stereocenters. The topological polar surface area (TPSA) is 61.4 Å². The van der Waals surface area contributed by atoms with Gasteiger partial charge in [-0.05, 0) is 38.4 Å². The largest absolute Gasteiger partial charge is 0.354 e. The van der Waals surface area contributed by atoms with Gasteiger partial charge in [-0.25, -0.2) is 0 Å². The zero-order valence-electron chi connectivity index (χ0n) is 12.0. The number of hydrogen-bond acceptors (Lipinski definition) is 4. The Morgan fingerprint density at radius 1 is 1.52 bits per heavy atom. The van der Waals surface area contributed by atoms with E-state index >= 15 is 0 Å². The predicted molar refractivity (Wildman–Crippen MR) is 84.5 cm³/mol. The first kappa shape index (κ1) is 16.3. The van der Waals surface area contributed by atoms with Crippen LogP contribution in [-0.4, -0.2) is 42.9 Å². The maximum Gasteiger partial charge on any atom is 0.242 e. The van der Waals surface area contributed by atoms with Crippen molar-refractivity contribution < 1.29 is 9.59 Å². The number of hydrogen-bond donors (Lipinski definition) is 2. The highest BCUT2D eigenvalue weighted by Crippen LogP contribution is 2.22. The predicted octanol–water partition coefficient (Wildman–Crippen LogP) is 1.62. The number of amides is 2. The van der Waals surface area contributed by atoms with Crippen molar-refractivity contribution in [2.45, 2.75) is 31.8 Å². The number of carbonyl (C=O) groups excluding carboxylic acids is 2. The second kappa shape index (κ2) is 7.77. The Labute approximate surface area is 133 Å². The van der Waals surface area contributed by atoms with Crippen LogP contribution >= 0.6 is 22.9 Å². The van der Waals surface area contributed by atoms with Gasteiger partial charge in [0.05, 0.1) is 10.9 Å². The Kier molecular flexibility index (Phi) is 6.02. The molecule has 1 aromatic heterocycles. The number of nitrogens with zero attached hydrogens (tertiary/aromatic N) is 1. The minimum atomic E-state index is -0.399. The van der Waals surface area contributed by atoms with E-state index in [1.807, 2.05) is 24.1 Å². The zero-order valence-corrected chi connectivity index (χ0v) is 13.6. The molecule has 1 aliphatic heterocycles. The van der Waals surface area contributed by atoms with Crippen LogP contribution in [0.5, 0.6) is 0 Å². The van der Waals surface area contributed by atoms with Crippen molar-refractivity contribution in [3.05, 3.63) is 21.3 Å². The van der Waals surface area contributed by atoms with Crippen molar-refractivity contribution in [1.29, 1.82) is 0 Å². The van der Waals surface area contributed by atoms with Gasteiger partial charge >= 0.3 is 0 Å². The van der Waals surface area contributed by atoms with E-state index in [4.69, 9.17) is 11.6 Å². The van der Waals surface area contributed by atoms with Gasteiger partial charge in [-0.1, -0.05) is 11.6 Å². The lowest BCUT2D eigenvalue weighted by Crippen LogP contribution is -2.48.